The molecule has 1 aliphatic carbocycles. The van der Waals surface area contributed by atoms with Crippen LogP contribution in [0.2, 0.25) is 0 Å². The SMILES string of the molecule is COc1ccc(C(O)=C2C(=O)CCCC2=O)c(Br)c1N=S1(=O)CCCCC1. The molecule has 3 rings (SSSR count). The number of allylic oxidation sites excluding steroid dienone is 1. The molecule has 1 aliphatic heterocycles. The standard InChI is InChI=1S/C19H22BrNO5S/c1-26-15-9-8-12(19(24)16-13(22)6-5-7-14(16)23)17(20)18(15)21-27(25)10-3-2-4-11-27/h8-9,24H,2-7,10-11H2,1H3. The lowest BCUT2D eigenvalue weighted by Gasteiger charge is -2.18. The third-order valence-corrected chi connectivity index (χ3v) is 8.01. The molecule has 0 bridgehead atoms. The predicted molar refractivity (Wildman–Crippen MR) is 108 cm³/mol. The van der Waals surface area contributed by atoms with Crippen molar-refractivity contribution in [3.05, 3.63) is 27.7 Å². The third-order valence-electron chi connectivity index (χ3n) is 4.84. The molecular formula is C19H22BrNO5S. The molecule has 146 valence electrons. The van der Waals surface area contributed by atoms with Crippen LogP contribution < -0.4 is 4.74 Å². The lowest BCUT2D eigenvalue weighted by molar-refractivity contribution is -0.123. The van der Waals surface area contributed by atoms with Gasteiger partial charge in [-0.3, -0.25) is 9.59 Å². The fourth-order valence-electron chi connectivity index (χ4n) is 3.38. The average molecular weight is 456 g/mol. The van der Waals surface area contributed by atoms with E-state index in [1.54, 1.807) is 12.1 Å². The summed E-state index contributed by atoms with van der Waals surface area (Å²) in [6, 6.07) is 3.16. The molecule has 1 aromatic carbocycles. The van der Waals surface area contributed by atoms with E-state index in [1.807, 2.05) is 0 Å². The largest absolute Gasteiger partial charge is 0.506 e. The van der Waals surface area contributed by atoms with E-state index in [2.05, 4.69) is 20.3 Å². The number of carbonyl (C=O) groups is 2. The van der Waals surface area contributed by atoms with Crippen LogP contribution in [0.5, 0.6) is 5.75 Å². The predicted octanol–water partition coefficient (Wildman–Crippen LogP) is 4.33. The molecule has 0 atom stereocenters. The van der Waals surface area contributed by atoms with Gasteiger partial charge in [-0.15, -0.1) is 0 Å². The minimum Gasteiger partial charge on any atom is -0.506 e. The zero-order chi connectivity index (χ0) is 19.6. The van der Waals surface area contributed by atoms with E-state index in [4.69, 9.17) is 4.74 Å². The van der Waals surface area contributed by atoms with Gasteiger partial charge in [0.2, 0.25) is 0 Å². The van der Waals surface area contributed by atoms with E-state index in [1.165, 1.54) is 7.11 Å². The Balaban J connectivity index is 2.17. The van der Waals surface area contributed by atoms with E-state index < -0.39 is 9.73 Å². The van der Waals surface area contributed by atoms with E-state index in [0.29, 0.717) is 33.8 Å². The summed E-state index contributed by atoms with van der Waals surface area (Å²) in [6.45, 7) is 0. The summed E-state index contributed by atoms with van der Waals surface area (Å²) < 4.78 is 23.3. The fraction of sp³-hybridized carbons (Fsp3) is 0.474. The quantitative estimate of drug-likeness (QED) is 0.415. The molecular weight excluding hydrogens is 434 g/mol. The summed E-state index contributed by atoms with van der Waals surface area (Å²) in [5, 5.41) is 10.7. The first-order chi connectivity index (χ1) is 12.9. The van der Waals surface area contributed by atoms with Gasteiger partial charge in [0.05, 0.1) is 21.3 Å². The number of rotatable bonds is 3. The normalized spacial score (nSPS) is 19.7. The zero-order valence-electron chi connectivity index (χ0n) is 15.1. The number of carbonyl (C=O) groups excluding carboxylic acids is 2. The second kappa shape index (κ2) is 8.14. The van der Waals surface area contributed by atoms with Gasteiger partial charge in [0.25, 0.3) is 0 Å². The van der Waals surface area contributed by atoms with Gasteiger partial charge in [-0.2, -0.15) is 4.36 Å². The van der Waals surface area contributed by atoms with Crippen molar-refractivity contribution in [2.24, 2.45) is 4.36 Å². The number of Topliss-reactive ketones (excluding diaryl/α,β-unsaturated/α-hetero) is 2. The summed E-state index contributed by atoms with van der Waals surface area (Å²) in [6.07, 6.45) is 3.75. The Morgan fingerprint density at radius 1 is 1.11 bits per heavy atom. The van der Waals surface area contributed by atoms with Gasteiger partial charge in [0.1, 0.15) is 22.8 Å². The first kappa shape index (κ1) is 20.1. The van der Waals surface area contributed by atoms with Crippen molar-refractivity contribution in [1.29, 1.82) is 0 Å². The number of aliphatic hydroxyl groups excluding tert-OH is 1. The first-order valence-corrected chi connectivity index (χ1v) is 11.6. The van der Waals surface area contributed by atoms with Crippen molar-refractivity contribution in [3.63, 3.8) is 0 Å². The summed E-state index contributed by atoms with van der Waals surface area (Å²) in [5.74, 6) is 0.381. The minimum absolute atomic E-state index is 0.167. The lowest BCUT2D eigenvalue weighted by atomic mass is 9.90. The number of methoxy groups -OCH3 is 1. The van der Waals surface area contributed by atoms with E-state index in [9.17, 15) is 18.9 Å². The number of ketones is 2. The van der Waals surface area contributed by atoms with Crippen molar-refractivity contribution in [2.45, 2.75) is 38.5 Å². The highest BCUT2D eigenvalue weighted by molar-refractivity contribution is 9.10. The topological polar surface area (TPSA) is 93.0 Å². The van der Waals surface area contributed by atoms with Crippen LogP contribution in [-0.2, 0) is 19.3 Å². The number of halogens is 1. The van der Waals surface area contributed by atoms with Crippen molar-refractivity contribution < 1.29 is 23.6 Å². The van der Waals surface area contributed by atoms with Gasteiger partial charge in [-0.1, -0.05) is 6.42 Å². The smallest absolute Gasteiger partial charge is 0.170 e. The molecule has 1 heterocycles. The molecule has 1 saturated heterocycles. The zero-order valence-corrected chi connectivity index (χ0v) is 17.5. The molecule has 6 nitrogen and oxygen atoms in total. The van der Waals surface area contributed by atoms with Crippen LogP contribution in [0.3, 0.4) is 0 Å². The first-order valence-electron chi connectivity index (χ1n) is 8.95. The maximum atomic E-state index is 13.1. The second-order valence-corrected chi connectivity index (χ2v) is 10.1. The summed E-state index contributed by atoms with van der Waals surface area (Å²) in [4.78, 5) is 24.3. The number of nitrogens with zero attached hydrogens (tertiary/aromatic N) is 1. The van der Waals surface area contributed by atoms with Crippen molar-refractivity contribution in [2.75, 3.05) is 18.6 Å². The molecule has 27 heavy (non-hydrogen) atoms. The highest BCUT2D eigenvalue weighted by Crippen LogP contribution is 2.42. The Morgan fingerprint density at radius 2 is 1.74 bits per heavy atom. The van der Waals surface area contributed by atoms with Crippen LogP contribution in [0.25, 0.3) is 5.76 Å². The van der Waals surface area contributed by atoms with Crippen LogP contribution in [0.15, 0.2) is 26.5 Å². The Labute approximate surface area is 167 Å². The number of hydrogen-bond donors (Lipinski definition) is 1. The molecule has 0 spiro atoms. The summed E-state index contributed by atoms with van der Waals surface area (Å²) in [7, 11) is -0.917. The number of hydrogen-bond acceptors (Lipinski definition) is 6. The van der Waals surface area contributed by atoms with E-state index in [-0.39, 0.29) is 41.3 Å². The Bertz CT molecular complexity index is 914. The monoisotopic (exact) mass is 455 g/mol. The van der Waals surface area contributed by atoms with Crippen LogP contribution in [0.1, 0.15) is 44.1 Å². The molecule has 1 saturated carbocycles. The molecule has 0 aromatic heterocycles. The highest BCUT2D eigenvalue weighted by Gasteiger charge is 2.29. The second-order valence-electron chi connectivity index (χ2n) is 6.73. The lowest BCUT2D eigenvalue weighted by Crippen LogP contribution is -2.20. The maximum Gasteiger partial charge on any atom is 0.170 e. The van der Waals surface area contributed by atoms with Gasteiger partial charge in [-0.25, -0.2) is 4.21 Å². The van der Waals surface area contributed by atoms with Crippen molar-refractivity contribution in [3.8, 4) is 5.75 Å². The van der Waals surface area contributed by atoms with Crippen molar-refractivity contribution in [1.82, 2.24) is 0 Å². The Kier molecular flexibility index (Phi) is 6.05. The van der Waals surface area contributed by atoms with E-state index in [0.717, 1.165) is 19.3 Å². The van der Waals surface area contributed by atoms with Gasteiger partial charge in [0, 0.05) is 29.9 Å². The molecule has 0 radical (unpaired) electrons. The van der Waals surface area contributed by atoms with Crippen LogP contribution in [-0.4, -0.2) is 39.5 Å². The van der Waals surface area contributed by atoms with Gasteiger partial charge < -0.3 is 9.84 Å². The van der Waals surface area contributed by atoms with Gasteiger partial charge in [0.15, 0.2) is 11.6 Å². The molecule has 0 amide bonds. The summed E-state index contributed by atoms with van der Waals surface area (Å²) in [5.41, 5.74) is 0.441. The molecule has 8 heteroatoms. The molecule has 1 aromatic rings. The van der Waals surface area contributed by atoms with Crippen molar-refractivity contribution >= 4 is 48.7 Å². The van der Waals surface area contributed by atoms with Crippen LogP contribution in [0.4, 0.5) is 5.69 Å². The average Bonchev–Trinajstić information content (AvgIpc) is 2.63. The van der Waals surface area contributed by atoms with Crippen LogP contribution >= 0.6 is 15.9 Å². The van der Waals surface area contributed by atoms with Gasteiger partial charge in [-0.05, 0) is 47.3 Å². The minimum atomic E-state index is -2.40. The fourth-order valence-corrected chi connectivity index (χ4v) is 6.32. The number of benzene rings is 1. The number of ether oxygens (including phenoxy) is 1. The maximum absolute atomic E-state index is 13.1. The molecule has 2 aliphatic rings. The summed E-state index contributed by atoms with van der Waals surface area (Å²) >= 11 is 3.41. The van der Waals surface area contributed by atoms with Gasteiger partial charge >= 0.3 is 0 Å². The third kappa shape index (κ3) is 4.11. The number of aliphatic hydroxyl groups is 1. The highest BCUT2D eigenvalue weighted by atomic mass is 79.9. The molecule has 1 N–H and O–H groups in total. The van der Waals surface area contributed by atoms with E-state index >= 15 is 0 Å². The Morgan fingerprint density at radius 3 is 2.33 bits per heavy atom. The van der Waals surface area contributed by atoms with Crippen LogP contribution in [0, 0.1) is 0 Å². The Hall–Kier alpha value is -1.67. The molecule has 2 fully saturated rings. The molecule has 0 unspecified atom stereocenters.